The number of nitrogens with zero attached hydrogens (tertiary/aromatic N) is 4. The Kier molecular flexibility index (Phi) is 6.03. The Bertz CT molecular complexity index is 1140. The molecule has 1 amide bonds. The van der Waals surface area contributed by atoms with E-state index < -0.39 is 5.95 Å². The van der Waals surface area contributed by atoms with Crippen molar-refractivity contribution in [2.45, 2.75) is 51.0 Å². The van der Waals surface area contributed by atoms with Crippen LogP contribution in [0.3, 0.4) is 0 Å². The van der Waals surface area contributed by atoms with Gasteiger partial charge in [0.05, 0.1) is 5.69 Å². The number of aromatic nitrogens is 3. The lowest BCUT2D eigenvalue weighted by atomic mass is 9.95. The summed E-state index contributed by atoms with van der Waals surface area (Å²) >= 11 is 0. The molecule has 1 N–H and O–H groups in total. The highest BCUT2D eigenvalue weighted by Gasteiger charge is 2.25. The van der Waals surface area contributed by atoms with Gasteiger partial charge in [-0.05, 0) is 61.1 Å². The molecule has 0 bridgehead atoms. The van der Waals surface area contributed by atoms with Crippen LogP contribution in [0.4, 0.5) is 10.2 Å². The van der Waals surface area contributed by atoms with E-state index >= 15 is 0 Å². The molecule has 0 saturated heterocycles. The van der Waals surface area contributed by atoms with Gasteiger partial charge in [-0.1, -0.05) is 25.3 Å². The second kappa shape index (κ2) is 9.25. The number of fused-ring (bicyclic) bond motifs is 1. The highest BCUT2D eigenvalue weighted by molar-refractivity contribution is 5.93. The zero-order valence-corrected chi connectivity index (χ0v) is 18.9. The van der Waals surface area contributed by atoms with Crippen LogP contribution in [0.25, 0.3) is 11.3 Å². The molecule has 33 heavy (non-hydrogen) atoms. The number of pyridine rings is 3. The molecule has 4 heterocycles. The summed E-state index contributed by atoms with van der Waals surface area (Å²) in [6, 6.07) is 9.16. The lowest BCUT2D eigenvalue weighted by molar-refractivity contribution is 0.0922. The van der Waals surface area contributed by atoms with Crippen LogP contribution >= 0.6 is 0 Å². The number of nitrogens with one attached hydrogen (secondary N) is 1. The van der Waals surface area contributed by atoms with Gasteiger partial charge in [-0.25, -0.2) is 9.97 Å². The first-order chi connectivity index (χ1) is 16.1. The molecule has 1 fully saturated rings. The standard InChI is InChI=1S/C26H28FN5O/c1-32-12-11-21-19(13-17-7-9-22(28-15-17)18-8-10-24(27)29-16-18)14-23(31-25(21)32)26(33)30-20-5-3-2-4-6-20/h7-10,14-16,20H,2-6,11-13H2,1H3,(H,30,33). The number of hydrogen-bond acceptors (Lipinski definition) is 5. The maximum atomic E-state index is 13.1. The summed E-state index contributed by atoms with van der Waals surface area (Å²) in [5.74, 6) is 0.321. The van der Waals surface area contributed by atoms with E-state index in [9.17, 15) is 9.18 Å². The highest BCUT2D eigenvalue weighted by Crippen LogP contribution is 2.30. The van der Waals surface area contributed by atoms with Crippen LogP contribution in [0.15, 0.2) is 42.7 Å². The van der Waals surface area contributed by atoms with Gasteiger partial charge >= 0.3 is 0 Å². The molecule has 0 radical (unpaired) electrons. The number of hydrogen-bond donors (Lipinski definition) is 1. The van der Waals surface area contributed by atoms with Crippen molar-refractivity contribution in [3.63, 3.8) is 0 Å². The summed E-state index contributed by atoms with van der Waals surface area (Å²) < 4.78 is 13.1. The molecule has 170 valence electrons. The monoisotopic (exact) mass is 445 g/mol. The van der Waals surface area contributed by atoms with Crippen molar-refractivity contribution in [2.75, 3.05) is 18.5 Å². The Labute approximate surface area is 193 Å². The molecule has 2 aliphatic rings. The van der Waals surface area contributed by atoms with Crippen LogP contribution in [-0.2, 0) is 12.8 Å². The van der Waals surface area contributed by atoms with E-state index in [0.717, 1.165) is 54.0 Å². The minimum absolute atomic E-state index is 0.0801. The number of carbonyl (C=O) groups is 1. The Balaban J connectivity index is 1.38. The van der Waals surface area contributed by atoms with Gasteiger partial charge in [0.15, 0.2) is 0 Å². The molecular formula is C26H28FN5O. The van der Waals surface area contributed by atoms with E-state index in [1.807, 2.05) is 31.4 Å². The van der Waals surface area contributed by atoms with E-state index in [2.05, 4.69) is 20.2 Å². The third-order valence-corrected chi connectivity index (χ3v) is 6.67. The van der Waals surface area contributed by atoms with Crippen molar-refractivity contribution >= 4 is 11.7 Å². The van der Waals surface area contributed by atoms with Crippen molar-refractivity contribution in [1.29, 1.82) is 0 Å². The van der Waals surface area contributed by atoms with Crippen molar-refractivity contribution in [3.8, 4) is 11.3 Å². The molecule has 0 aromatic carbocycles. The van der Waals surface area contributed by atoms with Crippen LogP contribution in [0.1, 0.15) is 59.3 Å². The van der Waals surface area contributed by atoms with Gasteiger partial charge in [0.25, 0.3) is 5.91 Å². The molecule has 3 aromatic heterocycles. The summed E-state index contributed by atoms with van der Waals surface area (Å²) in [5, 5.41) is 3.20. The zero-order chi connectivity index (χ0) is 22.8. The first-order valence-corrected chi connectivity index (χ1v) is 11.7. The molecule has 0 atom stereocenters. The Morgan fingerprint density at radius 1 is 1.12 bits per heavy atom. The Hall–Kier alpha value is -3.35. The summed E-state index contributed by atoms with van der Waals surface area (Å²) in [7, 11) is 2.03. The maximum Gasteiger partial charge on any atom is 0.270 e. The lowest BCUT2D eigenvalue weighted by Gasteiger charge is -2.23. The molecular weight excluding hydrogens is 417 g/mol. The van der Waals surface area contributed by atoms with Crippen molar-refractivity contribution < 1.29 is 9.18 Å². The molecule has 1 aliphatic carbocycles. The topological polar surface area (TPSA) is 71.0 Å². The third kappa shape index (κ3) is 4.72. The first kappa shape index (κ1) is 21.5. The second-order valence-electron chi connectivity index (χ2n) is 9.05. The lowest BCUT2D eigenvalue weighted by Crippen LogP contribution is -2.36. The molecule has 3 aromatic rings. The molecule has 1 saturated carbocycles. The summed E-state index contributed by atoms with van der Waals surface area (Å²) in [6.45, 7) is 0.901. The van der Waals surface area contributed by atoms with E-state index in [-0.39, 0.29) is 11.9 Å². The fourth-order valence-corrected chi connectivity index (χ4v) is 4.81. The van der Waals surface area contributed by atoms with E-state index in [1.165, 1.54) is 37.1 Å². The first-order valence-electron chi connectivity index (χ1n) is 11.7. The van der Waals surface area contributed by atoms with Crippen molar-refractivity contribution in [2.24, 2.45) is 0 Å². The summed E-state index contributed by atoms with van der Waals surface area (Å²) in [6.07, 6.45) is 10.6. The van der Waals surface area contributed by atoms with E-state index in [0.29, 0.717) is 12.1 Å². The van der Waals surface area contributed by atoms with Gasteiger partial charge in [-0.2, -0.15) is 4.39 Å². The SMILES string of the molecule is CN1CCc2c(Cc3ccc(-c4ccc(F)nc4)nc3)cc(C(=O)NC3CCCCC3)nc21. The highest BCUT2D eigenvalue weighted by atomic mass is 19.1. The van der Waals surface area contributed by atoms with Crippen LogP contribution in [-0.4, -0.2) is 40.5 Å². The predicted molar refractivity (Wildman–Crippen MR) is 126 cm³/mol. The normalized spacial score (nSPS) is 16.0. The number of anilines is 1. The smallest absolute Gasteiger partial charge is 0.270 e. The Morgan fingerprint density at radius 3 is 2.70 bits per heavy atom. The van der Waals surface area contributed by atoms with Gasteiger partial charge in [-0.3, -0.25) is 9.78 Å². The average Bonchev–Trinajstić information content (AvgIpc) is 3.22. The average molecular weight is 446 g/mol. The minimum atomic E-state index is -0.504. The molecule has 1 aliphatic heterocycles. The van der Waals surface area contributed by atoms with Crippen LogP contribution in [0.5, 0.6) is 0 Å². The van der Waals surface area contributed by atoms with Gasteiger partial charge in [0.2, 0.25) is 5.95 Å². The van der Waals surface area contributed by atoms with Gasteiger partial charge in [0.1, 0.15) is 11.5 Å². The van der Waals surface area contributed by atoms with Gasteiger partial charge < -0.3 is 10.2 Å². The molecule has 0 spiro atoms. The van der Waals surface area contributed by atoms with Crippen LogP contribution < -0.4 is 10.2 Å². The number of rotatable bonds is 5. The zero-order valence-electron chi connectivity index (χ0n) is 18.9. The Morgan fingerprint density at radius 2 is 1.97 bits per heavy atom. The van der Waals surface area contributed by atoms with E-state index in [4.69, 9.17) is 4.98 Å². The number of carbonyl (C=O) groups excluding carboxylic acids is 1. The number of halogens is 1. The molecule has 6 nitrogen and oxygen atoms in total. The van der Waals surface area contributed by atoms with Crippen molar-refractivity contribution in [1.82, 2.24) is 20.3 Å². The number of likely N-dealkylation sites (N-methyl/N-ethyl adjacent to an activating group) is 1. The van der Waals surface area contributed by atoms with E-state index in [1.54, 1.807) is 6.07 Å². The fraction of sp³-hybridized carbons (Fsp3) is 0.385. The quantitative estimate of drug-likeness (QED) is 0.592. The number of amides is 1. The fourth-order valence-electron chi connectivity index (χ4n) is 4.81. The predicted octanol–water partition coefficient (Wildman–Crippen LogP) is 4.32. The van der Waals surface area contributed by atoms with Crippen LogP contribution in [0, 0.1) is 5.95 Å². The summed E-state index contributed by atoms with van der Waals surface area (Å²) in [5.41, 5.74) is 5.39. The van der Waals surface area contributed by atoms with Crippen LogP contribution in [0.2, 0.25) is 0 Å². The third-order valence-electron chi connectivity index (χ3n) is 6.67. The second-order valence-corrected chi connectivity index (χ2v) is 9.05. The minimum Gasteiger partial charge on any atom is -0.359 e. The molecule has 5 rings (SSSR count). The molecule has 0 unspecified atom stereocenters. The largest absolute Gasteiger partial charge is 0.359 e. The van der Waals surface area contributed by atoms with Gasteiger partial charge in [0, 0.05) is 43.2 Å². The maximum absolute atomic E-state index is 13.1. The molecule has 7 heteroatoms. The van der Waals surface area contributed by atoms with Crippen molar-refractivity contribution in [3.05, 3.63) is 71.1 Å². The van der Waals surface area contributed by atoms with Gasteiger partial charge in [-0.15, -0.1) is 0 Å². The summed E-state index contributed by atoms with van der Waals surface area (Å²) in [4.78, 5) is 28.1.